The third kappa shape index (κ3) is 6.89. The van der Waals surface area contributed by atoms with E-state index in [9.17, 15) is 40.7 Å². The van der Waals surface area contributed by atoms with Crippen LogP contribution in [0.2, 0.25) is 0 Å². The van der Waals surface area contributed by atoms with E-state index in [1.54, 1.807) is 0 Å². The lowest BCUT2D eigenvalue weighted by molar-refractivity contribution is -0.140. The molecule has 2 aromatic carbocycles. The topological polar surface area (TPSA) is 66.9 Å². The monoisotopic (exact) mass is 508 g/mol. The summed E-state index contributed by atoms with van der Waals surface area (Å²) < 4.78 is 85.4. The van der Waals surface area contributed by atoms with Crippen molar-refractivity contribution in [2.24, 2.45) is 0 Å². The fourth-order valence-electron chi connectivity index (χ4n) is 2.85. The number of nitrogens with zero attached hydrogens (tertiary/aromatic N) is 2. The second kappa shape index (κ2) is 11.3. The fraction of sp³-hybridized carbons (Fsp3) is 0.286. The van der Waals surface area contributed by atoms with E-state index in [2.05, 4.69) is 0 Å². The number of carbonyl (C=O) groups excluding carboxylic acids is 3. The maximum Gasteiger partial charge on any atom is 0.446 e. The zero-order valence-electron chi connectivity index (χ0n) is 17.8. The first-order valence-corrected chi connectivity index (χ1v) is 10.4. The van der Waals surface area contributed by atoms with Crippen LogP contribution in [0.4, 0.5) is 36.8 Å². The molecule has 2 aromatic rings. The molecule has 6 nitrogen and oxygen atoms in total. The Bertz CT molecular complexity index is 1060. The van der Waals surface area contributed by atoms with Crippen molar-refractivity contribution in [1.82, 2.24) is 4.90 Å². The lowest BCUT2D eigenvalue weighted by Crippen LogP contribution is -2.48. The van der Waals surface area contributed by atoms with Crippen LogP contribution in [0, 0.1) is 17.5 Å². The number of hydrogen-bond donors (Lipinski definition) is 0. The van der Waals surface area contributed by atoms with Crippen molar-refractivity contribution in [1.29, 1.82) is 0 Å². The number of rotatable bonds is 7. The average Bonchev–Trinajstić information content (AvgIpc) is 2.71. The standard InChI is InChI=1S/C21H18F6N2O4S/c1-3-28(19(31)18-14(22)5-4-6-15(18)23)20(32)29(9-10-33-12(2)30)17-8-7-13(11-16(17)24)34-21(25,26)27/h4-8,11H,3,9-10H2,1-2H3. The number of anilines is 1. The molecule has 3 amide bonds. The van der Waals surface area contributed by atoms with E-state index in [-0.39, 0.29) is 6.54 Å². The molecule has 13 heteroatoms. The number of halogens is 6. The van der Waals surface area contributed by atoms with Gasteiger partial charge in [-0.15, -0.1) is 0 Å². The number of thioether (sulfide) groups is 1. The van der Waals surface area contributed by atoms with E-state index in [0.29, 0.717) is 15.9 Å². The Morgan fingerprint density at radius 3 is 2.12 bits per heavy atom. The molecular weight excluding hydrogens is 490 g/mol. The van der Waals surface area contributed by atoms with Crippen molar-refractivity contribution in [3.8, 4) is 0 Å². The maximum atomic E-state index is 14.7. The van der Waals surface area contributed by atoms with Gasteiger partial charge in [-0.05, 0) is 49.0 Å². The minimum atomic E-state index is -4.69. The summed E-state index contributed by atoms with van der Waals surface area (Å²) in [5.74, 6) is -5.80. The molecule has 0 fully saturated rings. The Balaban J connectivity index is 2.45. The molecule has 34 heavy (non-hydrogen) atoms. The highest BCUT2D eigenvalue weighted by Gasteiger charge is 2.33. The molecule has 0 heterocycles. The van der Waals surface area contributed by atoms with Crippen LogP contribution in [-0.4, -0.2) is 48.0 Å². The van der Waals surface area contributed by atoms with Crippen molar-refractivity contribution in [2.45, 2.75) is 24.3 Å². The summed E-state index contributed by atoms with van der Waals surface area (Å²) in [5, 5.41) is 0. The van der Waals surface area contributed by atoms with Crippen LogP contribution < -0.4 is 4.90 Å². The van der Waals surface area contributed by atoms with Crippen LogP contribution >= 0.6 is 11.8 Å². The molecule has 0 atom stereocenters. The van der Waals surface area contributed by atoms with E-state index in [4.69, 9.17) is 4.74 Å². The van der Waals surface area contributed by atoms with Crippen molar-refractivity contribution in [3.05, 3.63) is 59.4 Å². The van der Waals surface area contributed by atoms with Crippen molar-refractivity contribution in [3.63, 3.8) is 0 Å². The lowest BCUT2D eigenvalue weighted by atomic mass is 10.1. The molecule has 0 radical (unpaired) electrons. The van der Waals surface area contributed by atoms with Gasteiger partial charge in [0.05, 0.1) is 12.2 Å². The first-order valence-electron chi connectivity index (χ1n) is 9.61. The van der Waals surface area contributed by atoms with Gasteiger partial charge in [0.2, 0.25) is 0 Å². The van der Waals surface area contributed by atoms with Crippen LogP contribution in [0.3, 0.4) is 0 Å². The van der Waals surface area contributed by atoms with Crippen molar-refractivity contribution < 1.29 is 45.5 Å². The summed E-state index contributed by atoms with van der Waals surface area (Å²) in [6.45, 7) is 1.03. The zero-order valence-corrected chi connectivity index (χ0v) is 18.6. The summed E-state index contributed by atoms with van der Waals surface area (Å²) in [4.78, 5) is 37.5. The minimum absolute atomic E-state index is 0.390. The maximum absolute atomic E-state index is 14.7. The molecule has 0 aliphatic heterocycles. The minimum Gasteiger partial charge on any atom is -0.464 e. The predicted molar refractivity (Wildman–Crippen MR) is 111 cm³/mol. The molecule has 184 valence electrons. The Kier molecular flexibility index (Phi) is 8.96. The van der Waals surface area contributed by atoms with Crippen LogP contribution in [0.15, 0.2) is 41.3 Å². The van der Waals surface area contributed by atoms with Crippen LogP contribution in [0.25, 0.3) is 0 Å². The van der Waals surface area contributed by atoms with Crippen LogP contribution in [-0.2, 0) is 9.53 Å². The van der Waals surface area contributed by atoms with Gasteiger partial charge in [0.15, 0.2) is 0 Å². The number of benzene rings is 2. The molecule has 2 rings (SSSR count). The summed E-state index contributed by atoms with van der Waals surface area (Å²) in [5.41, 5.74) is -6.24. The largest absolute Gasteiger partial charge is 0.464 e. The number of esters is 1. The van der Waals surface area contributed by atoms with Gasteiger partial charge in [-0.1, -0.05) is 6.07 Å². The van der Waals surface area contributed by atoms with Gasteiger partial charge in [0.1, 0.15) is 29.6 Å². The number of ether oxygens (including phenoxy) is 1. The highest BCUT2D eigenvalue weighted by Crippen LogP contribution is 2.38. The first-order chi connectivity index (χ1) is 15.9. The molecule has 0 saturated heterocycles. The molecule has 0 spiro atoms. The van der Waals surface area contributed by atoms with Gasteiger partial charge in [-0.3, -0.25) is 19.4 Å². The Morgan fingerprint density at radius 2 is 1.62 bits per heavy atom. The fourth-order valence-corrected chi connectivity index (χ4v) is 3.42. The highest BCUT2D eigenvalue weighted by molar-refractivity contribution is 8.00. The quantitative estimate of drug-likeness (QED) is 0.286. The normalized spacial score (nSPS) is 11.2. The van der Waals surface area contributed by atoms with E-state index in [1.807, 2.05) is 0 Å². The number of hydrogen-bond acceptors (Lipinski definition) is 5. The third-order valence-corrected chi connectivity index (χ3v) is 4.98. The van der Waals surface area contributed by atoms with E-state index in [0.717, 1.165) is 37.3 Å². The smallest absolute Gasteiger partial charge is 0.446 e. The summed E-state index contributed by atoms with van der Waals surface area (Å²) in [7, 11) is 0. The summed E-state index contributed by atoms with van der Waals surface area (Å²) >= 11 is -0.579. The second-order valence-electron chi connectivity index (χ2n) is 6.58. The summed E-state index contributed by atoms with van der Waals surface area (Å²) in [6.07, 6.45) is 0. The van der Waals surface area contributed by atoms with Gasteiger partial charge in [0, 0.05) is 18.4 Å². The van der Waals surface area contributed by atoms with Crippen molar-refractivity contribution in [2.75, 3.05) is 24.6 Å². The van der Waals surface area contributed by atoms with E-state index < -0.39 is 81.9 Å². The first kappa shape index (κ1) is 27.0. The highest BCUT2D eigenvalue weighted by atomic mass is 32.2. The van der Waals surface area contributed by atoms with Gasteiger partial charge >= 0.3 is 17.5 Å². The molecule has 0 N–H and O–H groups in total. The van der Waals surface area contributed by atoms with Gasteiger partial charge in [0.25, 0.3) is 5.91 Å². The molecule has 0 bridgehead atoms. The molecule has 0 saturated carbocycles. The molecule has 0 unspecified atom stereocenters. The number of urea groups is 1. The molecular formula is C21H18F6N2O4S. The Morgan fingerprint density at radius 1 is 1.00 bits per heavy atom. The zero-order chi connectivity index (χ0) is 25.6. The molecule has 0 aliphatic carbocycles. The third-order valence-electron chi connectivity index (χ3n) is 4.26. The number of imide groups is 1. The predicted octanol–water partition coefficient (Wildman–Crippen LogP) is 5.37. The SMILES string of the molecule is CCN(C(=O)c1c(F)cccc1F)C(=O)N(CCOC(C)=O)c1ccc(SC(F)(F)F)cc1F. The van der Waals surface area contributed by atoms with Gasteiger partial charge in [-0.2, -0.15) is 13.2 Å². The number of alkyl halides is 3. The summed E-state index contributed by atoms with van der Waals surface area (Å²) in [6, 6.07) is 3.70. The van der Waals surface area contributed by atoms with Crippen LogP contribution in [0.1, 0.15) is 24.2 Å². The molecule has 0 aliphatic rings. The lowest BCUT2D eigenvalue weighted by Gasteiger charge is -2.29. The Hall–Kier alpha value is -3.22. The van der Waals surface area contributed by atoms with Gasteiger partial charge in [-0.25, -0.2) is 18.0 Å². The number of amides is 3. The average molecular weight is 508 g/mol. The van der Waals surface area contributed by atoms with Crippen LogP contribution in [0.5, 0.6) is 0 Å². The van der Waals surface area contributed by atoms with Crippen molar-refractivity contribution >= 4 is 35.4 Å². The van der Waals surface area contributed by atoms with Gasteiger partial charge < -0.3 is 4.74 Å². The Labute approximate surface area is 194 Å². The number of carbonyl (C=O) groups is 3. The van der Waals surface area contributed by atoms with E-state index in [1.165, 1.54) is 6.92 Å². The molecule has 0 aromatic heterocycles. The second-order valence-corrected chi connectivity index (χ2v) is 7.72. The van der Waals surface area contributed by atoms with E-state index >= 15 is 0 Å².